The fourth-order valence-corrected chi connectivity index (χ4v) is 0.596. The van der Waals surface area contributed by atoms with Crippen molar-refractivity contribution in [3.63, 3.8) is 0 Å². The molecule has 0 aliphatic carbocycles. The van der Waals surface area contributed by atoms with Crippen molar-refractivity contribution >= 4 is 12.4 Å². The van der Waals surface area contributed by atoms with Crippen LogP contribution in [0.4, 0.5) is 0 Å². The Bertz CT molecular complexity index is 194. The van der Waals surface area contributed by atoms with Crippen molar-refractivity contribution in [2.24, 2.45) is 5.73 Å². The Kier molecular flexibility index (Phi) is 4.69. The third-order valence-electron chi connectivity index (χ3n) is 1.16. The van der Waals surface area contributed by atoms with E-state index in [1.165, 1.54) is 0 Å². The van der Waals surface area contributed by atoms with E-state index in [1.54, 1.807) is 18.6 Å². The number of nitrogens with two attached hydrogens (primary N) is 1. The van der Waals surface area contributed by atoms with Crippen LogP contribution < -0.4 is 5.73 Å². The Morgan fingerprint density at radius 2 is 2.27 bits per heavy atom. The van der Waals surface area contributed by atoms with Gasteiger partial charge in [-0.3, -0.25) is 9.97 Å². The zero-order chi connectivity index (χ0) is 7.40. The Morgan fingerprint density at radius 3 is 2.73 bits per heavy atom. The Hall–Kier alpha value is -0.710. The molecule has 1 heterocycles. The van der Waals surface area contributed by atoms with E-state index in [9.17, 15) is 0 Å². The van der Waals surface area contributed by atoms with Crippen molar-refractivity contribution in [1.82, 2.24) is 9.97 Å². The van der Waals surface area contributed by atoms with Crippen LogP contribution in [0.3, 0.4) is 0 Å². The number of nitrogens with zero attached hydrogens (tertiary/aromatic N) is 2. The van der Waals surface area contributed by atoms with Crippen LogP contribution in [0.1, 0.15) is 11.7 Å². The molecular formula is C6H10ClN3O. The summed E-state index contributed by atoms with van der Waals surface area (Å²) >= 11 is 0. The molecule has 1 rings (SSSR count). The second kappa shape index (κ2) is 5.01. The molecular weight excluding hydrogens is 166 g/mol. The average Bonchev–Trinajstić information content (AvgIpc) is 2.05. The van der Waals surface area contributed by atoms with Gasteiger partial charge in [-0.1, -0.05) is 0 Å². The first-order valence-corrected chi connectivity index (χ1v) is 2.97. The first kappa shape index (κ1) is 10.3. The topological polar surface area (TPSA) is 72.0 Å². The molecule has 0 aliphatic heterocycles. The molecule has 62 valence electrons. The van der Waals surface area contributed by atoms with Crippen LogP contribution in [0.25, 0.3) is 0 Å². The summed E-state index contributed by atoms with van der Waals surface area (Å²) in [5.41, 5.74) is 6.06. The third-order valence-corrected chi connectivity index (χ3v) is 1.16. The van der Waals surface area contributed by atoms with Crippen LogP contribution >= 0.6 is 12.4 Å². The standard InChI is InChI=1S/C6H9N3O.ClH/c7-5(4-10)6-3-8-1-2-9-6;/h1-3,5,10H,4,7H2;1H. The number of aromatic nitrogens is 2. The molecule has 4 nitrogen and oxygen atoms in total. The minimum atomic E-state index is -0.409. The highest BCUT2D eigenvalue weighted by Crippen LogP contribution is 2.01. The second-order valence-corrected chi connectivity index (χ2v) is 1.92. The number of halogens is 1. The lowest BCUT2D eigenvalue weighted by atomic mass is 10.2. The van der Waals surface area contributed by atoms with Crippen molar-refractivity contribution in [3.8, 4) is 0 Å². The van der Waals surface area contributed by atoms with Crippen molar-refractivity contribution in [3.05, 3.63) is 24.3 Å². The number of aliphatic hydroxyl groups excluding tert-OH is 1. The minimum absolute atomic E-state index is 0. The maximum absolute atomic E-state index is 8.60. The first-order chi connectivity index (χ1) is 4.84. The van der Waals surface area contributed by atoms with Crippen LogP contribution in [0.2, 0.25) is 0 Å². The van der Waals surface area contributed by atoms with E-state index in [4.69, 9.17) is 10.8 Å². The number of hydrogen-bond acceptors (Lipinski definition) is 4. The third kappa shape index (κ3) is 2.80. The number of hydrogen-bond donors (Lipinski definition) is 2. The van der Waals surface area contributed by atoms with Crippen molar-refractivity contribution in [2.75, 3.05) is 6.61 Å². The van der Waals surface area contributed by atoms with Gasteiger partial charge in [-0.15, -0.1) is 12.4 Å². The van der Waals surface area contributed by atoms with Crippen LogP contribution in [0.15, 0.2) is 18.6 Å². The molecule has 5 heteroatoms. The summed E-state index contributed by atoms with van der Waals surface area (Å²) in [7, 11) is 0. The zero-order valence-corrected chi connectivity index (χ0v) is 6.66. The van der Waals surface area contributed by atoms with Gasteiger partial charge in [0.05, 0.1) is 24.5 Å². The zero-order valence-electron chi connectivity index (χ0n) is 5.84. The smallest absolute Gasteiger partial charge is 0.0777 e. The van der Waals surface area contributed by atoms with Crippen molar-refractivity contribution < 1.29 is 5.11 Å². The Labute approximate surface area is 70.9 Å². The van der Waals surface area contributed by atoms with Crippen molar-refractivity contribution in [2.45, 2.75) is 6.04 Å². The molecule has 1 unspecified atom stereocenters. The van der Waals surface area contributed by atoms with Crippen LogP contribution in [0, 0.1) is 0 Å². The molecule has 0 spiro atoms. The molecule has 0 aromatic carbocycles. The predicted octanol–water partition coefficient (Wildman–Crippen LogP) is -0.110. The Morgan fingerprint density at radius 1 is 1.55 bits per heavy atom. The SMILES string of the molecule is Cl.NC(CO)c1cnccn1. The molecule has 3 N–H and O–H groups in total. The molecule has 0 amide bonds. The summed E-state index contributed by atoms with van der Waals surface area (Å²) in [5.74, 6) is 0. The summed E-state index contributed by atoms with van der Waals surface area (Å²) in [6, 6.07) is -0.409. The Balaban J connectivity index is 0.000001000. The predicted molar refractivity (Wildman–Crippen MR) is 43.3 cm³/mol. The van der Waals surface area contributed by atoms with Crippen LogP contribution in [-0.4, -0.2) is 21.7 Å². The van der Waals surface area contributed by atoms with E-state index in [1.807, 2.05) is 0 Å². The quantitative estimate of drug-likeness (QED) is 0.658. The van der Waals surface area contributed by atoms with E-state index in [0.29, 0.717) is 5.69 Å². The molecule has 0 bridgehead atoms. The van der Waals surface area contributed by atoms with Gasteiger partial charge in [-0.05, 0) is 0 Å². The minimum Gasteiger partial charge on any atom is -0.394 e. The lowest BCUT2D eigenvalue weighted by molar-refractivity contribution is 0.265. The van der Waals surface area contributed by atoms with Gasteiger partial charge in [0.15, 0.2) is 0 Å². The lowest BCUT2D eigenvalue weighted by Gasteiger charge is -2.04. The second-order valence-electron chi connectivity index (χ2n) is 1.92. The molecule has 11 heavy (non-hydrogen) atoms. The molecule has 0 aliphatic rings. The van der Waals surface area contributed by atoms with E-state index in [2.05, 4.69) is 9.97 Å². The fraction of sp³-hybridized carbons (Fsp3) is 0.333. The van der Waals surface area contributed by atoms with Crippen LogP contribution in [-0.2, 0) is 0 Å². The highest BCUT2D eigenvalue weighted by Gasteiger charge is 2.03. The van der Waals surface area contributed by atoms with E-state index >= 15 is 0 Å². The van der Waals surface area contributed by atoms with Crippen LogP contribution in [0.5, 0.6) is 0 Å². The molecule has 1 aromatic heterocycles. The van der Waals surface area contributed by atoms with Gasteiger partial charge in [0, 0.05) is 12.4 Å². The summed E-state index contributed by atoms with van der Waals surface area (Å²) in [6.07, 6.45) is 4.65. The van der Waals surface area contributed by atoms with Gasteiger partial charge >= 0.3 is 0 Å². The summed E-state index contributed by atoms with van der Waals surface area (Å²) < 4.78 is 0. The maximum Gasteiger partial charge on any atom is 0.0777 e. The molecule has 0 fully saturated rings. The largest absolute Gasteiger partial charge is 0.394 e. The monoisotopic (exact) mass is 175 g/mol. The normalized spacial score (nSPS) is 11.8. The average molecular weight is 176 g/mol. The van der Waals surface area contributed by atoms with E-state index < -0.39 is 6.04 Å². The summed E-state index contributed by atoms with van der Waals surface area (Å²) in [6.45, 7) is -0.0985. The van der Waals surface area contributed by atoms with Gasteiger partial charge < -0.3 is 10.8 Å². The van der Waals surface area contributed by atoms with E-state index in [-0.39, 0.29) is 19.0 Å². The first-order valence-electron chi connectivity index (χ1n) is 2.97. The van der Waals surface area contributed by atoms with E-state index in [0.717, 1.165) is 0 Å². The van der Waals surface area contributed by atoms with Crippen molar-refractivity contribution in [1.29, 1.82) is 0 Å². The highest BCUT2D eigenvalue weighted by molar-refractivity contribution is 5.85. The van der Waals surface area contributed by atoms with Gasteiger partial charge in [0.25, 0.3) is 0 Å². The molecule has 1 atom stereocenters. The molecule has 1 aromatic rings. The van der Waals surface area contributed by atoms with Gasteiger partial charge in [0.1, 0.15) is 0 Å². The fourth-order valence-electron chi connectivity index (χ4n) is 0.596. The maximum atomic E-state index is 8.60. The summed E-state index contributed by atoms with van der Waals surface area (Å²) in [4.78, 5) is 7.70. The lowest BCUT2D eigenvalue weighted by Crippen LogP contribution is -2.15. The number of aliphatic hydroxyl groups is 1. The molecule has 0 radical (unpaired) electrons. The summed E-state index contributed by atoms with van der Waals surface area (Å²) in [5, 5.41) is 8.60. The highest BCUT2D eigenvalue weighted by atomic mass is 35.5. The van der Waals surface area contributed by atoms with Gasteiger partial charge in [-0.25, -0.2) is 0 Å². The van der Waals surface area contributed by atoms with Gasteiger partial charge in [-0.2, -0.15) is 0 Å². The molecule has 0 saturated heterocycles. The van der Waals surface area contributed by atoms with Gasteiger partial charge in [0.2, 0.25) is 0 Å². The number of rotatable bonds is 2. The molecule has 0 saturated carbocycles.